The largest absolute Gasteiger partial charge is 0.492 e. The first kappa shape index (κ1) is 13.3. The van der Waals surface area contributed by atoms with E-state index in [1.807, 2.05) is 13.0 Å². The number of aromatic carboxylic acids is 1. The van der Waals surface area contributed by atoms with E-state index in [2.05, 4.69) is 11.9 Å². The van der Waals surface area contributed by atoms with Crippen molar-refractivity contribution in [3.05, 3.63) is 42.5 Å². The Labute approximate surface area is 101 Å². The molecule has 0 radical (unpaired) electrons. The molecule has 92 valence electrons. The van der Waals surface area contributed by atoms with Crippen molar-refractivity contribution in [2.45, 2.75) is 13.0 Å². The fourth-order valence-corrected chi connectivity index (χ4v) is 1.26. The van der Waals surface area contributed by atoms with E-state index in [1.165, 1.54) is 12.1 Å². The number of rotatable bonds is 7. The number of carboxylic acid groups (broad SMARTS) is 1. The maximum absolute atomic E-state index is 10.7. The maximum atomic E-state index is 10.7. The summed E-state index contributed by atoms with van der Waals surface area (Å²) < 4.78 is 5.43. The van der Waals surface area contributed by atoms with Crippen molar-refractivity contribution in [1.82, 2.24) is 5.32 Å². The van der Waals surface area contributed by atoms with Gasteiger partial charge in [0.2, 0.25) is 0 Å². The monoisotopic (exact) mass is 235 g/mol. The van der Waals surface area contributed by atoms with Crippen LogP contribution in [0.3, 0.4) is 0 Å². The molecule has 0 aliphatic heterocycles. The molecule has 0 aromatic heterocycles. The molecule has 0 aliphatic carbocycles. The fraction of sp³-hybridized carbons (Fsp3) is 0.308. The first-order valence-corrected chi connectivity index (χ1v) is 5.45. The molecule has 2 N–H and O–H groups in total. The first-order chi connectivity index (χ1) is 8.13. The Morgan fingerprint density at radius 1 is 1.65 bits per heavy atom. The van der Waals surface area contributed by atoms with Gasteiger partial charge in [0.1, 0.15) is 12.4 Å². The molecule has 0 fully saturated rings. The number of hydrogen-bond acceptors (Lipinski definition) is 3. The average Bonchev–Trinajstić information content (AvgIpc) is 2.34. The van der Waals surface area contributed by atoms with Gasteiger partial charge in [0.25, 0.3) is 0 Å². The van der Waals surface area contributed by atoms with Gasteiger partial charge in [0, 0.05) is 12.6 Å². The van der Waals surface area contributed by atoms with E-state index in [0.29, 0.717) is 18.9 Å². The van der Waals surface area contributed by atoms with Crippen molar-refractivity contribution in [2.24, 2.45) is 0 Å². The van der Waals surface area contributed by atoms with Crippen LogP contribution in [0.1, 0.15) is 17.3 Å². The third kappa shape index (κ3) is 4.70. The summed E-state index contributed by atoms with van der Waals surface area (Å²) in [5.74, 6) is -0.383. The lowest BCUT2D eigenvalue weighted by atomic mass is 10.2. The van der Waals surface area contributed by atoms with Crippen molar-refractivity contribution in [3.8, 4) is 5.75 Å². The molecule has 0 aliphatic rings. The first-order valence-electron chi connectivity index (χ1n) is 5.45. The molecule has 0 heterocycles. The predicted octanol–water partition coefficient (Wildman–Crippen LogP) is 1.93. The summed E-state index contributed by atoms with van der Waals surface area (Å²) in [6, 6.07) is 6.69. The Bertz CT molecular complexity index is 390. The molecule has 0 saturated carbocycles. The van der Waals surface area contributed by atoms with Crippen LogP contribution < -0.4 is 10.1 Å². The lowest BCUT2D eigenvalue weighted by Crippen LogP contribution is -2.28. The van der Waals surface area contributed by atoms with Crippen LogP contribution in [0.15, 0.2) is 36.9 Å². The second kappa shape index (κ2) is 6.70. The van der Waals surface area contributed by atoms with Gasteiger partial charge >= 0.3 is 5.97 Å². The normalized spacial score (nSPS) is 11.8. The number of nitrogens with one attached hydrogen (secondary N) is 1. The molecule has 1 aromatic rings. The molecule has 0 spiro atoms. The highest BCUT2D eigenvalue weighted by atomic mass is 16.5. The summed E-state index contributed by atoms with van der Waals surface area (Å²) in [4.78, 5) is 10.7. The van der Waals surface area contributed by atoms with Gasteiger partial charge in [-0.25, -0.2) is 4.79 Å². The van der Waals surface area contributed by atoms with E-state index in [9.17, 15) is 4.79 Å². The zero-order valence-electron chi connectivity index (χ0n) is 9.85. The lowest BCUT2D eigenvalue weighted by Gasteiger charge is -2.10. The second-order valence-electron chi connectivity index (χ2n) is 3.66. The standard InChI is InChI=1S/C13H17NO3/c1-3-10(2)14-7-8-17-12-6-4-5-11(9-12)13(15)16/h3-6,9-10,14H,1,7-8H2,2H3,(H,15,16). The van der Waals surface area contributed by atoms with E-state index < -0.39 is 5.97 Å². The Kier molecular flexibility index (Phi) is 5.23. The number of benzene rings is 1. The molecule has 1 atom stereocenters. The SMILES string of the molecule is C=CC(C)NCCOc1cccc(C(=O)O)c1. The summed E-state index contributed by atoms with van der Waals surface area (Å²) in [7, 11) is 0. The molecule has 4 heteroatoms. The molecule has 0 bridgehead atoms. The van der Waals surface area contributed by atoms with Crippen molar-refractivity contribution >= 4 is 5.97 Å². The molecule has 17 heavy (non-hydrogen) atoms. The molecule has 0 saturated heterocycles. The van der Waals surface area contributed by atoms with Crippen LogP contribution in [0, 0.1) is 0 Å². The number of hydrogen-bond donors (Lipinski definition) is 2. The maximum Gasteiger partial charge on any atom is 0.335 e. The van der Waals surface area contributed by atoms with Crippen molar-refractivity contribution in [3.63, 3.8) is 0 Å². The van der Waals surface area contributed by atoms with Gasteiger partial charge in [0.15, 0.2) is 0 Å². The van der Waals surface area contributed by atoms with Crippen LogP contribution in [-0.4, -0.2) is 30.3 Å². The lowest BCUT2D eigenvalue weighted by molar-refractivity contribution is 0.0696. The highest BCUT2D eigenvalue weighted by Gasteiger charge is 2.03. The van der Waals surface area contributed by atoms with Gasteiger partial charge in [-0.15, -0.1) is 6.58 Å². The summed E-state index contributed by atoms with van der Waals surface area (Å²) in [6.45, 7) is 6.83. The minimum absolute atomic E-state index is 0.231. The topological polar surface area (TPSA) is 58.6 Å². The number of carboxylic acids is 1. The van der Waals surface area contributed by atoms with Crippen molar-refractivity contribution in [1.29, 1.82) is 0 Å². The summed E-state index contributed by atoms with van der Waals surface area (Å²) in [6.07, 6.45) is 1.81. The van der Waals surface area contributed by atoms with Crippen LogP contribution >= 0.6 is 0 Å². The zero-order chi connectivity index (χ0) is 12.7. The highest BCUT2D eigenvalue weighted by Crippen LogP contribution is 2.12. The van der Waals surface area contributed by atoms with E-state index in [1.54, 1.807) is 12.1 Å². The smallest absolute Gasteiger partial charge is 0.335 e. The van der Waals surface area contributed by atoms with Crippen LogP contribution in [0.4, 0.5) is 0 Å². The average molecular weight is 235 g/mol. The minimum atomic E-state index is -0.950. The second-order valence-corrected chi connectivity index (χ2v) is 3.66. The van der Waals surface area contributed by atoms with Crippen molar-refractivity contribution in [2.75, 3.05) is 13.2 Å². The molecular weight excluding hydrogens is 218 g/mol. The molecule has 4 nitrogen and oxygen atoms in total. The van der Waals surface area contributed by atoms with Gasteiger partial charge in [-0.1, -0.05) is 12.1 Å². The highest BCUT2D eigenvalue weighted by molar-refractivity contribution is 5.87. The van der Waals surface area contributed by atoms with Crippen LogP contribution in [0.5, 0.6) is 5.75 Å². The third-order valence-electron chi connectivity index (χ3n) is 2.27. The van der Waals surface area contributed by atoms with Gasteiger partial charge in [-0.2, -0.15) is 0 Å². The zero-order valence-corrected chi connectivity index (χ0v) is 9.85. The minimum Gasteiger partial charge on any atom is -0.492 e. The summed E-state index contributed by atoms with van der Waals surface area (Å²) in [5, 5.41) is 12.0. The van der Waals surface area contributed by atoms with Gasteiger partial charge in [0.05, 0.1) is 5.56 Å². The summed E-state index contributed by atoms with van der Waals surface area (Å²) >= 11 is 0. The molecule has 1 aromatic carbocycles. The molecule has 1 unspecified atom stereocenters. The molecular formula is C13H17NO3. The van der Waals surface area contributed by atoms with E-state index in [0.717, 1.165) is 0 Å². The molecule has 1 rings (SSSR count). The van der Waals surface area contributed by atoms with Crippen LogP contribution in [0.25, 0.3) is 0 Å². The van der Waals surface area contributed by atoms with Gasteiger partial charge < -0.3 is 15.2 Å². The number of carbonyl (C=O) groups is 1. The Morgan fingerprint density at radius 3 is 3.06 bits per heavy atom. The number of ether oxygens (including phenoxy) is 1. The van der Waals surface area contributed by atoms with Gasteiger partial charge in [-0.3, -0.25) is 0 Å². The third-order valence-corrected chi connectivity index (χ3v) is 2.27. The van der Waals surface area contributed by atoms with Crippen molar-refractivity contribution < 1.29 is 14.6 Å². The van der Waals surface area contributed by atoms with E-state index in [-0.39, 0.29) is 11.6 Å². The van der Waals surface area contributed by atoms with E-state index in [4.69, 9.17) is 9.84 Å². The van der Waals surface area contributed by atoms with Crippen LogP contribution in [-0.2, 0) is 0 Å². The Hall–Kier alpha value is -1.81. The fourth-order valence-electron chi connectivity index (χ4n) is 1.26. The predicted molar refractivity (Wildman–Crippen MR) is 66.6 cm³/mol. The Balaban J connectivity index is 2.39. The quantitative estimate of drug-likeness (QED) is 0.560. The van der Waals surface area contributed by atoms with Crippen LogP contribution in [0.2, 0.25) is 0 Å². The Morgan fingerprint density at radius 2 is 2.41 bits per heavy atom. The summed E-state index contributed by atoms with van der Waals surface area (Å²) in [5.41, 5.74) is 0.231. The molecule has 0 amide bonds. The van der Waals surface area contributed by atoms with E-state index >= 15 is 0 Å². The van der Waals surface area contributed by atoms with Gasteiger partial charge in [-0.05, 0) is 25.1 Å².